The Bertz CT molecular complexity index is 1240. The lowest BCUT2D eigenvalue weighted by atomic mass is 9.82. The summed E-state index contributed by atoms with van der Waals surface area (Å²) < 4.78 is 22.9. The number of ether oxygens (including phenoxy) is 4. The van der Waals surface area contributed by atoms with Crippen molar-refractivity contribution < 1.29 is 69.4 Å². The summed E-state index contributed by atoms with van der Waals surface area (Å²) in [5.41, 5.74) is 5.96. The van der Waals surface area contributed by atoms with Crippen molar-refractivity contribution in [2.75, 3.05) is 0 Å². The summed E-state index contributed by atoms with van der Waals surface area (Å²) in [6.45, 7) is 5.09. The van der Waals surface area contributed by atoms with E-state index < -0.39 is 116 Å². The second kappa shape index (κ2) is 18.4. The van der Waals surface area contributed by atoms with Gasteiger partial charge < -0.3 is 65.5 Å². The molecule has 15 nitrogen and oxygen atoms in total. The van der Waals surface area contributed by atoms with Gasteiger partial charge in [0.1, 0.15) is 18.1 Å². The van der Waals surface area contributed by atoms with E-state index in [2.05, 4.69) is 0 Å². The molecule has 49 heavy (non-hydrogen) atoms. The number of esters is 1. The normalized spacial score (nSPS) is 46.7. The van der Waals surface area contributed by atoms with Crippen molar-refractivity contribution in [3.8, 4) is 0 Å². The van der Waals surface area contributed by atoms with Gasteiger partial charge in [-0.05, 0) is 19.9 Å². The third kappa shape index (κ3) is 11.9. The SMILES string of the molecule is C[C@H]1/C=C/C=C/C=C/C=C/[C@H](O[C@@H]2O[C@H](C)[C@@H](O)[C@H](N)[C@H]2O)C[C@@H]2O[C@](O)(CC(O)C[C@@H](O)[C@H](O)/C=C/C(=O)O[C@@H]1C)C[C@H](O)[C@H]2C(=O)O. The predicted octanol–water partition coefficient (Wildman–Crippen LogP) is -0.680. The minimum Gasteiger partial charge on any atom is -0.481 e. The molecule has 0 aromatic rings. The van der Waals surface area contributed by atoms with Crippen LogP contribution in [0, 0.1) is 11.8 Å². The summed E-state index contributed by atoms with van der Waals surface area (Å²) >= 11 is 0. The molecule has 3 rings (SSSR count). The summed E-state index contributed by atoms with van der Waals surface area (Å²) in [6, 6.07) is -1.11. The molecule has 3 heterocycles. The van der Waals surface area contributed by atoms with Crippen LogP contribution >= 0.6 is 0 Å². The Kier molecular flexibility index (Phi) is 15.3. The van der Waals surface area contributed by atoms with Gasteiger partial charge in [-0.2, -0.15) is 0 Å². The van der Waals surface area contributed by atoms with Crippen molar-refractivity contribution >= 4 is 11.9 Å². The highest BCUT2D eigenvalue weighted by molar-refractivity contribution is 5.82. The van der Waals surface area contributed by atoms with Gasteiger partial charge in [-0.15, -0.1) is 0 Å². The molecule has 2 saturated heterocycles. The Labute approximate surface area is 285 Å². The summed E-state index contributed by atoms with van der Waals surface area (Å²) in [4.78, 5) is 24.5. The van der Waals surface area contributed by atoms with E-state index in [1.807, 2.05) is 13.0 Å². The van der Waals surface area contributed by atoms with Crippen molar-refractivity contribution in [3.63, 3.8) is 0 Å². The van der Waals surface area contributed by atoms with Crippen LogP contribution in [0.15, 0.2) is 60.8 Å². The molecule has 2 fully saturated rings. The second-order valence-electron chi connectivity index (χ2n) is 13.0. The average molecular weight is 698 g/mol. The topological polar surface area (TPSA) is 259 Å². The molecule has 0 aromatic heterocycles. The van der Waals surface area contributed by atoms with Gasteiger partial charge in [0.15, 0.2) is 12.1 Å². The third-order valence-corrected chi connectivity index (χ3v) is 8.90. The molecule has 0 amide bonds. The van der Waals surface area contributed by atoms with Gasteiger partial charge >= 0.3 is 11.9 Å². The van der Waals surface area contributed by atoms with Crippen LogP contribution in [0.25, 0.3) is 0 Å². The standard InChI is InChI=1S/C34H51NO14/c1-18-10-8-6-4-5-7-9-11-22(48-33-31(42)29(35)30(41)20(3)47-33)15-26-28(32(43)44)25(39)17-34(45,49-26)16-21(36)14-24(38)23(37)12-13-27(40)46-19(18)2/h4-13,18-26,28-31,33,36-39,41-42,45H,14-17,35H2,1-3H3,(H,43,44)/b6-4+,7-5+,10-8+,11-9+,13-12+/t18-,19+,20+,21?,22-,23+,24+,25-,26-,28+,29-,30+,31+,33-,34+/m0/s1. The van der Waals surface area contributed by atoms with Crippen LogP contribution in [-0.4, -0.2) is 132 Å². The molecule has 3 aliphatic rings. The van der Waals surface area contributed by atoms with Gasteiger partial charge in [-0.1, -0.05) is 55.5 Å². The van der Waals surface area contributed by atoms with Crippen LogP contribution in [0.3, 0.4) is 0 Å². The molecule has 15 atom stereocenters. The lowest BCUT2D eigenvalue weighted by Crippen LogP contribution is -2.61. The lowest BCUT2D eigenvalue weighted by Gasteiger charge is -2.45. The Morgan fingerprint density at radius 3 is 2.14 bits per heavy atom. The fourth-order valence-corrected chi connectivity index (χ4v) is 5.86. The zero-order valence-corrected chi connectivity index (χ0v) is 27.8. The number of allylic oxidation sites excluding steroid dienone is 6. The minimum atomic E-state index is -2.27. The van der Waals surface area contributed by atoms with Crippen molar-refractivity contribution in [3.05, 3.63) is 60.8 Å². The number of carboxylic acids is 1. The van der Waals surface area contributed by atoms with E-state index in [-0.39, 0.29) is 12.3 Å². The summed E-state index contributed by atoms with van der Waals surface area (Å²) in [5.74, 6) is -6.15. The first-order chi connectivity index (χ1) is 23.0. The molecule has 0 saturated carbocycles. The molecule has 1 unspecified atom stereocenters. The number of nitrogens with two attached hydrogens (primary N) is 1. The smallest absolute Gasteiger partial charge is 0.330 e. The number of aliphatic hydroxyl groups is 7. The Morgan fingerprint density at radius 2 is 1.49 bits per heavy atom. The fraction of sp³-hybridized carbons (Fsp3) is 0.647. The van der Waals surface area contributed by atoms with Crippen LogP contribution in [0.4, 0.5) is 0 Å². The van der Waals surface area contributed by atoms with Crippen LogP contribution < -0.4 is 5.73 Å². The van der Waals surface area contributed by atoms with Crippen LogP contribution in [0.1, 0.15) is 46.5 Å². The average Bonchev–Trinajstić information content (AvgIpc) is 3.00. The number of aliphatic carboxylic acids is 1. The third-order valence-electron chi connectivity index (χ3n) is 8.90. The van der Waals surface area contributed by atoms with E-state index in [0.717, 1.165) is 12.2 Å². The monoisotopic (exact) mass is 697 g/mol. The summed E-state index contributed by atoms with van der Waals surface area (Å²) in [5, 5.41) is 84.7. The van der Waals surface area contributed by atoms with E-state index in [1.54, 1.807) is 50.3 Å². The molecule has 0 aliphatic carbocycles. The maximum absolute atomic E-state index is 12.3. The second-order valence-corrected chi connectivity index (χ2v) is 13.0. The number of cyclic esters (lactones) is 1. The maximum Gasteiger partial charge on any atom is 0.330 e. The highest BCUT2D eigenvalue weighted by Gasteiger charge is 2.51. The van der Waals surface area contributed by atoms with Crippen molar-refractivity contribution in [1.82, 2.24) is 0 Å². The first-order valence-corrected chi connectivity index (χ1v) is 16.4. The number of hydrogen-bond acceptors (Lipinski definition) is 14. The molecule has 3 aliphatic heterocycles. The van der Waals surface area contributed by atoms with Crippen LogP contribution in [0.2, 0.25) is 0 Å². The molecule has 0 radical (unpaired) electrons. The van der Waals surface area contributed by atoms with Crippen molar-refractivity contribution in [2.24, 2.45) is 17.6 Å². The zero-order chi connectivity index (χ0) is 36.5. The first-order valence-electron chi connectivity index (χ1n) is 16.4. The zero-order valence-electron chi connectivity index (χ0n) is 27.8. The number of rotatable bonds is 3. The maximum atomic E-state index is 12.3. The van der Waals surface area contributed by atoms with E-state index in [0.29, 0.717) is 0 Å². The van der Waals surface area contributed by atoms with Gasteiger partial charge in [0.05, 0.1) is 54.9 Å². The van der Waals surface area contributed by atoms with E-state index in [9.17, 15) is 50.4 Å². The quantitative estimate of drug-likeness (QED) is 0.166. The largest absolute Gasteiger partial charge is 0.481 e. The summed E-state index contributed by atoms with van der Waals surface area (Å²) in [7, 11) is 0. The van der Waals surface area contributed by atoms with Crippen LogP contribution in [0.5, 0.6) is 0 Å². The van der Waals surface area contributed by atoms with E-state index in [1.165, 1.54) is 6.08 Å². The lowest BCUT2D eigenvalue weighted by molar-refractivity contribution is -0.308. The highest BCUT2D eigenvalue weighted by atomic mass is 16.7. The number of carbonyl (C=O) groups is 2. The Morgan fingerprint density at radius 1 is 0.857 bits per heavy atom. The number of carbonyl (C=O) groups excluding carboxylic acids is 1. The summed E-state index contributed by atoms with van der Waals surface area (Å²) in [6.07, 6.45) is -0.575. The van der Waals surface area contributed by atoms with Gasteiger partial charge in [0, 0.05) is 37.7 Å². The van der Waals surface area contributed by atoms with Gasteiger partial charge in [0.2, 0.25) is 0 Å². The first kappa shape index (κ1) is 40.6. The fourth-order valence-electron chi connectivity index (χ4n) is 5.86. The Balaban J connectivity index is 1.94. The number of carboxylic acid groups (broad SMARTS) is 1. The molecule has 0 spiro atoms. The molecule has 0 aromatic carbocycles. The van der Waals surface area contributed by atoms with Gasteiger partial charge in [0.25, 0.3) is 0 Å². The van der Waals surface area contributed by atoms with E-state index >= 15 is 0 Å². The van der Waals surface area contributed by atoms with E-state index in [4.69, 9.17) is 24.7 Å². The molecule has 10 N–H and O–H groups in total. The van der Waals surface area contributed by atoms with Gasteiger partial charge in [-0.3, -0.25) is 4.79 Å². The molecule has 276 valence electrons. The van der Waals surface area contributed by atoms with Gasteiger partial charge in [-0.25, -0.2) is 4.79 Å². The molecular weight excluding hydrogens is 646 g/mol. The van der Waals surface area contributed by atoms with Crippen molar-refractivity contribution in [2.45, 2.75) is 126 Å². The molecular formula is C34H51NO14. The van der Waals surface area contributed by atoms with Crippen LogP contribution in [-0.2, 0) is 28.5 Å². The molecule has 2 bridgehead atoms. The molecule has 15 heteroatoms. The highest BCUT2D eigenvalue weighted by Crippen LogP contribution is 2.38. The minimum absolute atomic E-state index is 0.171. The van der Waals surface area contributed by atoms with Crippen molar-refractivity contribution in [1.29, 1.82) is 0 Å². The number of aliphatic hydroxyl groups excluding tert-OH is 6. The Hall–Kier alpha value is -2.80. The number of fused-ring (bicyclic) bond motifs is 2. The number of hydrogen-bond donors (Lipinski definition) is 9. The predicted molar refractivity (Wildman–Crippen MR) is 173 cm³/mol.